The Hall–Kier alpha value is -4.00. The number of carbonyl (C=O) groups is 1. The average molecular weight is 489 g/mol. The number of hydrogen-bond acceptors (Lipinski definition) is 7. The number of anilines is 1. The fourth-order valence-corrected chi connectivity index (χ4v) is 4.07. The number of aliphatic hydroxyl groups is 1. The van der Waals surface area contributed by atoms with Crippen LogP contribution in [0.15, 0.2) is 54.9 Å². The quantitative estimate of drug-likeness (QED) is 0.428. The molecule has 0 radical (unpaired) electrons. The van der Waals surface area contributed by atoms with Crippen LogP contribution in [0.5, 0.6) is 5.75 Å². The highest BCUT2D eigenvalue weighted by Crippen LogP contribution is 2.31. The van der Waals surface area contributed by atoms with E-state index in [0.717, 1.165) is 16.8 Å². The first-order chi connectivity index (χ1) is 17.4. The molecule has 0 unspecified atom stereocenters. The van der Waals surface area contributed by atoms with Gasteiger partial charge in [-0.1, -0.05) is 17.9 Å². The van der Waals surface area contributed by atoms with Crippen molar-refractivity contribution in [3.8, 4) is 17.6 Å². The van der Waals surface area contributed by atoms with Crippen LogP contribution in [-0.4, -0.2) is 66.0 Å². The number of pyridine rings is 2. The smallest absolute Gasteiger partial charge is 0.270 e. The Morgan fingerprint density at radius 3 is 2.89 bits per heavy atom. The SMILES string of the molecule is CN1C[C@@H](NC(=O)c2cc(Cc3cccnc3F)ccn2)COc2ccc(C#CC3(O)COC3)cc21. The number of ether oxygens (including phenoxy) is 2. The van der Waals surface area contributed by atoms with Gasteiger partial charge in [0, 0.05) is 43.5 Å². The van der Waals surface area contributed by atoms with E-state index >= 15 is 0 Å². The van der Waals surface area contributed by atoms with Gasteiger partial charge in [-0.2, -0.15) is 4.39 Å². The second-order valence-electron chi connectivity index (χ2n) is 9.00. The van der Waals surface area contributed by atoms with Gasteiger partial charge in [0.1, 0.15) is 18.1 Å². The minimum atomic E-state index is -1.08. The van der Waals surface area contributed by atoms with Gasteiger partial charge in [-0.05, 0) is 42.0 Å². The number of carbonyl (C=O) groups excluding carboxylic acids is 1. The molecular formula is C27H25FN4O4. The Kier molecular flexibility index (Phi) is 6.55. The largest absolute Gasteiger partial charge is 0.489 e. The number of benzene rings is 1. The van der Waals surface area contributed by atoms with E-state index in [9.17, 15) is 14.3 Å². The number of likely N-dealkylation sites (N-methyl/N-ethyl adjacent to an activating group) is 1. The maximum Gasteiger partial charge on any atom is 0.270 e. The van der Waals surface area contributed by atoms with Gasteiger partial charge in [-0.25, -0.2) is 4.98 Å². The van der Waals surface area contributed by atoms with Gasteiger partial charge in [0.15, 0.2) is 5.60 Å². The summed E-state index contributed by atoms with van der Waals surface area (Å²) in [7, 11) is 1.92. The molecule has 36 heavy (non-hydrogen) atoms. The predicted molar refractivity (Wildman–Crippen MR) is 130 cm³/mol. The Morgan fingerprint density at radius 2 is 2.11 bits per heavy atom. The standard InChI is InChI=1S/C27H25FN4O4/c1-32-14-21(15-36-24-5-4-18(13-23(24)32)6-8-27(34)16-35-17-27)31-26(33)22-12-19(7-10-29-22)11-20-3-2-9-30-25(20)28/h2-5,7,9-10,12-13,21,34H,11,14-17H2,1H3,(H,31,33)/t21-/m1/s1. The Morgan fingerprint density at radius 1 is 1.25 bits per heavy atom. The zero-order valence-corrected chi connectivity index (χ0v) is 19.7. The van der Waals surface area contributed by atoms with E-state index in [-0.39, 0.29) is 37.5 Å². The lowest BCUT2D eigenvalue weighted by Crippen LogP contribution is -2.48. The highest BCUT2D eigenvalue weighted by Gasteiger charge is 2.34. The van der Waals surface area contributed by atoms with Crippen molar-refractivity contribution in [3.05, 3.63) is 83.2 Å². The van der Waals surface area contributed by atoms with Crippen molar-refractivity contribution in [2.75, 3.05) is 38.3 Å². The fourth-order valence-electron chi connectivity index (χ4n) is 4.07. The van der Waals surface area contributed by atoms with E-state index in [1.807, 2.05) is 30.1 Å². The van der Waals surface area contributed by atoms with Gasteiger partial charge in [0.05, 0.1) is 24.9 Å². The minimum Gasteiger partial charge on any atom is -0.489 e. The summed E-state index contributed by atoms with van der Waals surface area (Å²) in [4.78, 5) is 22.8. The lowest BCUT2D eigenvalue weighted by atomic mass is 10.0. The number of hydrogen-bond donors (Lipinski definition) is 2. The summed E-state index contributed by atoms with van der Waals surface area (Å²) in [6.07, 6.45) is 3.25. The van der Waals surface area contributed by atoms with Crippen molar-refractivity contribution in [1.29, 1.82) is 0 Å². The molecule has 2 aliphatic heterocycles. The summed E-state index contributed by atoms with van der Waals surface area (Å²) in [5.74, 6) is 5.68. The molecule has 2 aromatic heterocycles. The maximum atomic E-state index is 13.9. The summed E-state index contributed by atoms with van der Waals surface area (Å²) >= 11 is 0. The molecule has 1 fully saturated rings. The van der Waals surface area contributed by atoms with E-state index < -0.39 is 11.5 Å². The number of halogens is 1. The molecule has 1 saturated heterocycles. The molecule has 1 aromatic carbocycles. The van der Waals surface area contributed by atoms with Crippen LogP contribution in [0.1, 0.15) is 27.2 Å². The number of nitrogens with zero attached hydrogens (tertiary/aromatic N) is 3. The van der Waals surface area contributed by atoms with Crippen LogP contribution < -0.4 is 15.0 Å². The number of rotatable bonds is 4. The molecule has 0 spiro atoms. The van der Waals surface area contributed by atoms with Crippen molar-refractivity contribution in [2.45, 2.75) is 18.1 Å². The molecule has 5 rings (SSSR count). The Bertz CT molecular complexity index is 1350. The molecule has 0 saturated carbocycles. The van der Waals surface area contributed by atoms with Crippen molar-refractivity contribution in [2.24, 2.45) is 0 Å². The lowest BCUT2D eigenvalue weighted by Gasteiger charge is -2.30. The molecule has 0 bridgehead atoms. The second kappa shape index (κ2) is 9.93. The lowest BCUT2D eigenvalue weighted by molar-refractivity contribution is -0.140. The number of aromatic nitrogens is 2. The van der Waals surface area contributed by atoms with Crippen LogP contribution in [0.25, 0.3) is 0 Å². The van der Waals surface area contributed by atoms with Crippen LogP contribution in [0.2, 0.25) is 0 Å². The topological polar surface area (TPSA) is 96.8 Å². The zero-order chi connectivity index (χ0) is 25.1. The summed E-state index contributed by atoms with van der Waals surface area (Å²) in [5.41, 5.74) is 1.97. The van der Waals surface area contributed by atoms with Gasteiger partial charge >= 0.3 is 0 Å². The van der Waals surface area contributed by atoms with Crippen molar-refractivity contribution in [3.63, 3.8) is 0 Å². The molecule has 1 amide bonds. The van der Waals surface area contributed by atoms with Gasteiger partial charge in [0.2, 0.25) is 5.95 Å². The first kappa shape index (κ1) is 23.7. The second-order valence-corrected chi connectivity index (χ2v) is 9.00. The maximum absolute atomic E-state index is 13.9. The third-order valence-electron chi connectivity index (χ3n) is 6.05. The molecule has 8 nitrogen and oxygen atoms in total. The highest BCUT2D eigenvalue weighted by atomic mass is 19.1. The predicted octanol–water partition coefficient (Wildman–Crippen LogP) is 1.95. The molecule has 184 valence electrons. The molecule has 4 heterocycles. The number of fused-ring (bicyclic) bond motifs is 1. The van der Waals surface area contributed by atoms with Gasteiger partial charge < -0.3 is 24.8 Å². The zero-order valence-electron chi connectivity index (χ0n) is 19.7. The summed E-state index contributed by atoms with van der Waals surface area (Å²) in [6.45, 7) is 1.22. The van der Waals surface area contributed by atoms with Crippen LogP contribution in [0.4, 0.5) is 10.1 Å². The molecule has 2 aliphatic rings. The summed E-state index contributed by atoms with van der Waals surface area (Å²) in [5, 5.41) is 13.1. The molecule has 1 atom stereocenters. The molecule has 9 heteroatoms. The van der Waals surface area contributed by atoms with Crippen LogP contribution in [-0.2, 0) is 11.2 Å². The van der Waals surface area contributed by atoms with Crippen LogP contribution >= 0.6 is 0 Å². The van der Waals surface area contributed by atoms with E-state index in [4.69, 9.17) is 9.47 Å². The molecular weight excluding hydrogens is 463 g/mol. The van der Waals surface area contributed by atoms with Crippen molar-refractivity contribution in [1.82, 2.24) is 15.3 Å². The van der Waals surface area contributed by atoms with Crippen LogP contribution in [0.3, 0.4) is 0 Å². The minimum absolute atomic E-state index is 0.216. The van der Waals surface area contributed by atoms with E-state index in [0.29, 0.717) is 24.3 Å². The summed E-state index contributed by atoms with van der Waals surface area (Å²) in [6, 6.07) is 12.0. The number of nitrogens with one attached hydrogen (secondary N) is 1. The van der Waals surface area contributed by atoms with Gasteiger partial charge in [0.25, 0.3) is 5.91 Å². The normalized spacial score (nSPS) is 18.0. The molecule has 0 aliphatic carbocycles. The fraction of sp³-hybridized carbons (Fsp3) is 0.296. The molecule has 3 aromatic rings. The van der Waals surface area contributed by atoms with Crippen molar-refractivity contribution >= 4 is 11.6 Å². The highest BCUT2D eigenvalue weighted by molar-refractivity contribution is 5.92. The third-order valence-corrected chi connectivity index (χ3v) is 6.05. The van der Waals surface area contributed by atoms with E-state index in [1.165, 1.54) is 6.20 Å². The molecule has 2 N–H and O–H groups in total. The summed E-state index contributed by atoms with van der Waals surface area (Å²) < 4.78 is 24.9. The first-order valence-corrected chi connectivity index (χ1v) is 11.5. The number of amides is 1. The van der Waals surface area contributed by atoms with E-state index in [1.54, 1.807) is 30.5 Å². The van der Waals surface area contributed by atoms with E-state index in [2.05, 4.69) is 27.1 Å². The average Bonchev–Trinajstić information content (AvgIpc) is 3.01. The Balaban J connectivity index is 1.25. The Labute approximate surface area is 208 Å². The monoisotopic (exact) mass is 488 g/mol. The van der Waals surface area contributed by atoms with Crippen molar-refractivity contribution < 1.29 is 23.8 Å². The van der Waals surface area contributed by atoms with Gasteiger partial charge in [-0.3, -0.25) is 9.78 Å². The first-order valence-electron chi connectivity index (χ1n) is 11.5. The third kappa shape index (κ3) is 5.30. The van der Waals surface area contributed by atoms with Gasteiger partial charge in [-0.15, -0.1) is 0 Å². The van der Waals surface area contributed by atoms with Crippen LogP contribution in [0, 0.1) is 17.8 Å².